The van der Waals surface area contributed by atoms with Gasteiger partial charge in [-0.2, -0.15) is 0 Å². The van der Waals surface area contributed by atoms with Gasteiger partial charge in [0.25, 0.3) is 0 Å². The summed E-state index contributed by atoms with van der Waals surface area (Å²) in [5, 5.41) is 0. The topological polar surface area (TPSA) is 8.72 Å². The number of benzene rings is 1. The minimum absolute atomic E-state index is 0.538. The van der Waals surface area contributed by atoms with Crippen molar-refractivity contribution in [3.8, 4) is 0 Å². The van der Waals surface area contributed by atoms with E-state index in [-0.39, 0.29) is 0 Å². The molecule has 0 radical (unpaired) electrons. The van der Waals surface area contributed by atoms with E-state index in [9.17, 15) is 0 Å². The molecule has 0 heterocycles. The van der Waals surface area contributed by atoms with E-state index in [1.807, 2.05) is 6.92 Å². The molecule has 0 spiro atoms. The summed E-state index contributed by atoms with van der Waals surface area (Å²) in [6.45, 7) is 15.3. The lowest BCUT2D eigenvalue weighted by Gasteiger charge is -1.94. The molecule has 52 valence electrons. The Hall–Kier alpha value is -1.80. The molecule has 0 atom stereocenters. The molecule has 2 nitrogen and oxygen atoms in total. The van der Waals surface area contributed by atoms with Gasteiger partial charge in [0, 0.05) is 0 Å². The van der Waals surface area contributed by atoms with E-state index in [2.05, 4.69) is 9.69 Å². The molecule has 0 aliphatic rings. The van der Waals surface area contributed by atoms with Crippen molar-refractivity contribution in [1.29, 1.82) is 0 Å². The lowest BCUT2D eigenvalue weighted by Crippen LogP contribution is -1.68. The molecule has 0 fully saturated rings. The van der Waals surface area contributed by atoms with Crippen molar-refractivity contribution in [3.63, 3.8) is 0 Å². The standard InChI is InChI=1S/C9H6N2/c1-7-4-8(10-2)6-9(5-7)11-3/h4-6H,1H3. The molecular formula is C9H6N2. The summed E-state index contributed by atoms with van der Waals surface area (Å²) in [4.78, 5) is 6.49. The van der Waals surface area contributed by atoms with E-state index in [0.29, 0.717) is 11.4 Å². The van der Waals surface area contributed by atoms with Crippen molar-refractivity contribution < 1.29 is 0 Å². The van der Waals surface area contributed by atoms with Crippen LogP contribution in [0.3, 0.4) is 0 Å². The summed E-state index contributed by atoms with van der Waals surface area (Å²) in [7, 11) is 0. The normalized spacial score (nSPS) is 8.27. The second-order valence-electron chi connectivity index (χ2n) is 2.25. The van der Waals surface area contributed by atoms with Crippen LogP contribution in [0, 0.1) is 20.1 Å². The fourth-order valence-corrected chi connectivity index (χ4v) is 0.872. The van der Waals surface area contributed by atoms with Crippen LogP contribution in [0.1, 0.15) is 5.56 Å². The predicted molar refractivity (Wildman–Crippen MR) is 43.7 cm³/mol. The van der Waals surface area contributed by atoms with Crippen molar-refractivity contribution >= 4 is 11.4 Å². The summed E-state index contributed by atoms with van der Waals surface area (Å²) in [5.41, 5.74) is 2.04. The smallest absolute Gasteiger partial charge is 0.177 e. The fraction of sp³-hybridized carbons (Fsp3) is 0.111. The van der Waals surface area contributed by atoms with Gasteiger partial charge in [0.05, 0.1) is 13.1 Å². The van der Waals surface area contributed by atoms with Crippen LogP contribution in [0.2, 0.25) is 0 Å². The van der Waals surface area contributed by atoms with Crippen LogP contribution in [0.15, 0.2) is 18.2 Å². The van der Waals surface area contributed by atoms with Gasteiger partial charge in [-0.15, -0.1) is 0 Å². The molecule has 0 aliphatic heterocycles. The van der Waals surface area contributed by atoms with E-state index < -0.39 is 0 Å². The van der Waals surface area contributed by atoms with E-state index in [1.165, 1.54) is 0 Å². The Morgan fingerprint density at radius 3 is 1.82 bits per heavy atom. The zero-order valence-corrected chi connectivity index (χ0v) is 6.13. The third-order valence-electron chi connectivity index (χ3n) is 1.31. The summed E-state index contributed by atoms with van der Waals surface area (Å²) in [5.74, 6) is 0. The van der Waals surface area contributed by atoms with E-state index in [0.717, 1.165) is 5.56 Å². The van der Waals surface area contributed by atoms with Crippen LogP contribution in [0.5, 0.6) is 0 Å². The summed E-state index contributed by atoms with van der Waals surface area (Å²) < 4.78 is 0. The van der Waals surface area contributed by atoms with Gasteiger partial charge in [-0.25, -0.2) is 9.69 Å². The molecule has 0 aromatic heterocycles. The number of aryl methyl sites for hydroxylation is 1. The van der Waals surface area contributed by atoms with Crippen molar-refractivity contribution in [3.05, 3.63) is 46.6 Å². The van der Waals surface area contributed by atoms with Crippen LogP contribution in [-0.4, -0.2) is 0 Å². The molecule has 2 heteroatoms. The Kier molecular flexibility index (Phi) is 1.90. The summed E-state index contributed by atoms with van der Waals surface area (Å²) in [6, 6.07) is 5.12. The van der Waals surface area contributed by atoms with Crippen LogP contribution < -0.4 is 0 Å². The molecule has 1 aromatic rings. The second kappa shape index (κ2) is 2.86. The highest BCUT2D eigenvalue weighted by Gasteiger charge is 1.95. The van der Waals surface area contributed by atoms with Gasteiger partial charge in [-0.1, -0.05) is 23.8 Å². The monoisotopic (exact) mass is 142 g/mol. The van der Waals surface area contributed by atoms with Gasteiger partial charge in [-0.3, -0.25) is 0 Å². The molecule has 0 N–H and O–H groups in total. The first-order valence-corrected chi connectivity index (χ1v) is 3.13. The third-order valence-corrected chi connectivity index (χ3v) is 1.31. The zero-order valence-electron chi connectivity index (χ0n) is 6.13. The SMILES string of the molecule is [C-]#[N+]c1cc(C)cc([N+]#[C-])c1. The van der Waals surface area contributed by atoms with Crippen LogP contribution >= 0.6 is 0 Å². The van der Waals surface area contributed by atoms with Crippen molar-refractivity contribution in [1.82, 2.24) is 0 Å². The maximum Gasteiger partial charge on any atom is 0.177 e. The van der Waals surface area contributed by atoms with E-state index in [4.69, 9.17) is 13.1 Å². The lowest BCUT2D eigenvalue weighted by atomic mass is 10.2. The van der Waals surface area contributed by atoms with Crippen molar-refractivity contribution in [2.75, 3.05) is 0 Å². The first-order chi connectivity index (χ1) is 5.26. The number of rotatable bonds is 0. The molecule has 0 amide bonds. The quantitative estimate of drug-likeness (QED) is 0.492. The summed E-state index contributed by atoms with van der Waals surface area (Å²) >= 11 is 0. The molecular weight excluding hydrogens is 136 g/mol. The predicted octanol–water partition coefficient (Wildman–Crippen LogP) is 3.10. The highest BCUT2D eigenvalue weighted by atomic mass is 14.7. The number of nitrogens with zero attached hydrogens (tertiary/aromatic N) is 2. The average Bonchev–Trinajstić information content (AvgIpc) is 2.03. The highest BCUT2D eigenvalue weighted by molar-refractivity contribution is 5.60. The average molecular weight is 142 g/mol. The molecule has 1 rings (SSSR count). The molecule has 0 bridgehead atoms. The molecule has 1 aromatic carbocycles. The van der Waals surface area contributed by atoms with Crippen LogP contribution in [0.4, 0.5) is 11.4 Å². The number of hydrogen-bond donors (Lipinski definition) is 0. The lowest BCUT2D eigenvalue weighted by molar-refractivity contribution is 1.49. The third kappa shape index (κ3) is 1.56. The minimum Gasteiger partial charge on any atom is -0.239 e. The second-order valence-corrected chi connectivity index (χ2v) is 2.25. The van der Waals surface area contributed by atoms with Gasteiger partial charge in [0.1, 0.15) is 0 Å². The van der Waals surface area contributed by atoms with Gasteiger partial charge < -0.3 is 0 Å². The maximum absolute atomic E-state index is 6.73. The van der Waals surface area contributed by atoms with E-state index >= 15 is 0 Å². The van der Waals surface area contributed by atoms with Crippen LogP contribution in [0.25, 0.3) is 9.69 Å². The maximum atomic E-state index is 6.73. The molecule has 0 saturated heterocycles. The molecule has 0 aliphatic carbocycles. The molecule has 11 heavy (non-hydrogen) atoms. The Morgan fingerprint density at radius 1 is 1.00 bits per heavy atom. The fourth-order valence-electron chi connectivity index (χ4n) is 0.872. The Balaban J connectivity index is 3.28. The number of hydrogen-bond acceptors (Lipinski definition) is 0. The van der Waals surface area contributed by atoms with Gasteiger partial charge >= 0.3 is 0 Å². The van der Waals surface area contributed by atoms with E-state index in [1.54, 1.807) is 18.2 Å². The van der Waals surface area contributed by atoms with Crippen molar-refractivity contribution in [2.24, 2.45) is 0 Å². The minimum atomic E-state index is 0.538. The zero-order chi connectivity index (χ0) is 8.27. The Morgan fingerprint density at radius 2 is 1.45 bits per heavy atom. The van der Waals surface area contributed by atoms with Gasteiger partial charge in [-0.05, 0) is 6.92 Å². The molecule has 0 unspecified atom stereocenters. The largest absolute Gasteiger partial charge is 0.239 e. The van der Waals surface area contributed by atoms with Gasteiger partial charge in [0.15, 0.2) is 11.4 Å². The first kappa shape index (κ1) is 7.31. The van der Waals surface area contributed by atoms with Crippen LogP contribution in [-0.2, 0) is 0 Å². The first-order valence-electron chi connectivity index (χ1n) is 3.13. The van der Waals surface area contributed by atoms with Gasteiger partial charge in [0.2, 0.25) is 0 Å². The Bertz CT molecular complexity index is 321. The highest BCUT2D eigenvalue weighted by Crippen LogP contribution is 2.22. The molecule has 0 saturated carbocycles. The Labute approximate surface area is 65.7 Å². The summed E-state index contributed by atoms with van der Waals surface area (Å²) in [6.07, 6.45) is 0. The van der Waals surface area contributed by atoms with Crippen molar-refractivity contribution in [2.45, 2.75) is 6.92 Å².